The van der Waals surface area contributed by atoms with Crippen molar-refractivity contribution in [2.75, 3.05) is 7.05 Å². The first-order chi connectivity index (χ1) is 7.00. The number of rotatable bonds is 3. The molecule has 1 rings (SSSR count). The van der Waals surface area contributed by atoms with E-state index in [2.05, 4.69) is 0 Å². The van der Waals surface area contributed by atoms with Crippen LogP contribution >= 0.6 is 0 Å². The van der Waals surface area contributed by atoms with Crippen LogP contribution in [0.5, 0.6) is 0 Å². The van der Waals surface area contributed by atoms with Crippen molar-refractivity contribution in [3.05, 3.63) is 35.6 Å². The Hall–Kier alpha value is -1.46. The monoisotopic (exact) mass is 211 g/mol. The number of amides is 1. The first kappa shape index (κ1) is 11.6. The topological polar surface area (TPSA) is 72.3 Å². The number of carbonyl (C=O) groups is 1. The number of hydrazine groups is 1. The lowest BCUT2D eigenvalue weighted by atomic mass is 10.1. The predicted octanol–water partition coefficient (Wildman–Crippen LogP) is 0.0276. The fraction of sp³-hybridized carbons (Fsp3) is 0.300. The molecule has 1 amide bonds. The lowest BCUT2D eigenvalue weighted by Crippen LogP contribution is -2.46. The summed E-state index contributed by atoms with van der Waals surface area (Å²) in [5.41, 5.74) is 6.29. The molecule has 0 fully saturated rings. The quantitative estimate of drug-likeness (QED) is 0.421. The maximum Gasteiger partial charge on any atom is 0.253 e. The maximum atomic E-state index is 12.8. The van der Waals surface area contributed by atoms with Gasteiger partial charge in [0.1, 0.15) is 5.82 Å². The first-order valence-corrected chi connectivity index (χ1v) is 4.53. The van der Waals surface area contributed by atoms with Gasteiger partial charge in [-0.25, -0.2) is 10.2 Å². The molecule has 0 spiro atoms. The van der Waals surface area contributed by atoms with Crippen LogP contribution in [0.3, 0.4) is 0 Å². The van der Waals surface area contributed by atoms with Crippen molar-refractivity contribution in [1.82, 2.24) is 5.01 Å². The third-order valence-electron chi connectivity index (χ3n) is 2.01. The molecule has 0 aliphatic rings. The van der Waals surface area contributed by atoms with Crippen LogP contribution in [0.15, 0.2) is 24.3 Å². The van der Waals surface area contributed by atoms with E-state index in [0.717, 1.165) is 5.01 Å². The highest BCUT2D eigenvalue weighted by Crippen LogP contribution is 2.06. The molecule has 4 N–H and O–H groups in total. The Labute approximate surface area is 87.6 Å². The molecule has 0 bridgehead atoms. The highest BCUT2D eigenvalue weighted by molar-refractivity contribution is 5.81. The fourth-order valence-electron chi connectivity index (χ4n) is 1.27. The van der Waals surface area contributed by atoms with Gasteiger partial charge in [0.25, 0.3) is 5.91 Å². The standard InChI is InChI=1S/C10H14FN3O/c1-14(13)10(15)9(12)6-7-3-2-4-8(11)5-7/h2-5,9H,6,12-13H2,1H3. The van der Waals surface area contributed by atoms with Gasteiger partial charge < -0.3 is 5.73 Å². The van der Waals surface area contributed by atoms with Crippen molar-refractivity contribution in [2.45, 2.75) is 12.5 Å². The molecule has 5 heteroatoms. The average Bonchev–Trinajstić information content (AvgIpc) is 2.16. The molecule has 0 radical (unpaired) electrons. The smallest absolute Gasteiger partial charge is 0.253 e. The minimum absolute atomic E-state index is 0.276. The Morgan fingerprint density at radius 2 is 2.27 bits per heavy atom. The van der Waals surface area contributed by atoms with E-state index in [0.29, 0.717) is 5.56 Å². The van der Waals surface area contributed by atoms with Crippen LogP contribution in [-0.2, 0) is 11.2 Å². The summed E-state index contributed by atoms with van der Waals surface area (Å²) in [6.07, 6.45) is 0.276. The first-order valence-electron chi connectivity index (χ1n) is 4.53. The zero-order valence-corrected chi connectivity index (χ0v) is 8.48. The van der Waals surface area contributed by atoms with Gasteiger partial charge in [-0.3, -0.25) is 9.80 Å². The van der Waals surface area contributed by atoms with E-state index in [1.54, 1.807) is 12.1 Å². The van der Waals surface area contributed by atoms with Gasteiger partial charge in [-0.2, -0.15) is 0 Å². The zero-order valence-electron chi connectivity index (χ0n) is 8.48. The number of nitrogens with zero attached hydrogens (tertiary/aromatic N) is 1. The van der Waals surface area contributed by atoms with Crippen LogP contribution < -0.4 is 11.6 Å². The lowest BCUT2D eigenvalue weighted by Gasteiger charge is -2.16. The number of halogens is 1. The Kier molecular flexibility index (Phi) is 3.76. The number of hydrogen-bond acceptors (Lipinski definition) is 3. The van der Waals surface area contributed by atoms with Crippen molar-refractivity contribution in [3.8, 4) is 0 Å². The normalized spacial score (nSPS) is 12.3. The number of hydrogen-bond donors (Lipinski definition) is 2. The largest absolute Gasteiger partial charge is 0.320 e. The van der Waals surface area contributed by atoms with Gasteiger partial charge in [-0.05, 0) is 24.1 Å². The Morgan fingerprint density at radius 3 is 2.80 bits per heavy atom. The van der Waals surface area contributed by atoms with Crippen molar-refractivity contribution in [1.29, 1.82) is 0 Å². The molecule has 1 atom stereocenters. The Balaban J connectivity index is 2.66. The second-order valence-corrected chi connectivity index (χ2v) is 3.39. The van der Waals surface area contributed by atoms with Gasteiger partial charge >= 0.3 is 0 Å². The number of nitrogens with two attached hydrogens (primary N) is 2. The second-order valence-electron chi connectivity index (χ2n) is 3.39. The molecular weight excluding hydrogens is 197 g/mol. The molecule has 0 aliphatic heterocycles. The van der Waals surface area contributed by atoms with Gasteiger partial charge in [-0.15, -0.1) is 0 Å². The van der Waals surface area contributed by atoms with E-state index in [4.69, 9.17) is 11.6 Å². The summed E-state index contributed by atoms with van der Waals surface area (Å²) < 4.78 is 12.8. The fourth-order valence-corrected chi connectivity index (χ4v) is 1.27. The van der Waals surface area contributed by atoms with Crippen LogP contribution in [0.1, 0.15) is 5.56 Å². The van der Waals surface area contributed by atoms with Crippen molar-refractivity contribution >= 4 is 5.91 Å². The molecule has 0 aromatic heterocycles. The molecular formula is C10H14FN3O. The molecule has 0 saturated heterocycles. The van der Waals surface area contributed by atoms with E-state index in [-0.39, 0.29) is 18.1 Å². The van der Waals surface area contributed by atoms with E-state index in [1.165, 1.54) is 19.2 Å². The summed E-state index contributed by atoms with van der Waals surface area (Å²) in [6.45, 7) is 0. The molecule has 1 aromatic rings. The Bertz CT molecular complexity index is 354. The van der Waals surface area contributed by atoms with Gasteiger partial charge in [0.2, 0.25) is 0 Å². The molecule has 0 heterocycles. The molecule has 4 nitrogen and oxygen atoms in total. The summed E-state index contributed by atoms with van der Waals surface area (Å²) in [7, 11) is 1.42. The van der Waals surface area contributed by atoms with Crippen LogP contribution in [0.4, 0.5) is 4.39 Å². The third kappa shape index (κ3) is 3.30. The average molecular weight is 211 g/mol. The lowest BCUT2D eigenvalue weighted by molar-refractivity contribution is -0.131. The van der Waals surface area contributed by atoms with Gasteiger partial charge in [0, 0.05) is 7.05 Å². The molecule has 82 valence electrons. The predicted molar refractivity (Wildman–Crippen MR) is 55.0 cm³/mol. The van der Waals surface area contributed by atoms with E-state index >= 15 is 0 Å². The molecule has 1 unspecified atom stereocenters. The van der Waals surface area contributed by atoms with Crippen molar-refractivity contribution < 1.29 is 9.18 Å². The summed E-state index contributed by atoms with van der Waals surface area (Å²) in [5, 5.41) is 0.934. The summed E-state index contributed by atoms with van der Waals surface area (Å²) in [4.78, 5) is 11.3. The van der Waals surface area contributed by atoms with Crippen LogP contribution in [0.25, 0.3) is 0 Å². The second kappa shape index (κ2) is 4.86. The minimum Gasteiger partial charge on any atom is -0.320 e. The minimum atomic E-state index is -0.734. The van der Waals surface area contributed by atoms with Gasteiger partial charge in [-0.1, -0.05) is 12.1 Å². The van der Waals surface area contributed by atoms with Crippen molar-refractivity contribution in [2.24, 2.45) is 11.6 Å². The molecule has 1 aromatic carbocycles. The highest BCUT2D eigenvalue weighted by Gasteiger charge is 2.16. The van der Waals surface area contributed by atoms with Gasteiger partial charge in [0.15, 0.2) is 0 Å². The SMILES string of the molecule is CN(N)C(=O)C(N)Cc1cccc(F)c1. The highest BCUT2D eigenvalue weighted by atomic mass is 19.1. The molecule has 0 aliphatic carbocycles. The zero-order chi connectivity index (χ0) is 11.4. The summed E-state index contributed by atoms with van der Waals surface area (Å²) in [6, 6.07) is 5.25. The van der Waals surface area contributed by atoms with Gasteiger partial charge in [0.05, 0.1) is 6.04 Å². The number of benzene rings is 1. The maximum absolute atomic E-state index is 12.8. The summed E-state index contributed by atoms with van der Waals surface area (Å²) >= 11 is 0. The Morgan fingerprint density at radius 1 is 1.60 bits per heavy atom. The number of likely N-dealkylation sites (N-methyl/N-ethyl adjacent to an activating group) is 1. The molecule has 15 heavy (non-hydrogen) atoms. The van der Waals surface area contributed by atoms with E-state index < -0.39 is 6.04 Å². The van der Waals surface area contributed by atoms with Crippen LogP contribution in [0.2, 0.25) is 0 Å². The van der Waals surface area contributed by atoms with Crippen molar-refractivity contribution in [3.63, 3.8) is 0 Å². The van der Waals surface area contributed by atoms with E-state index in [1.807, 2.05) is 0 Å². The van der Waals surface area contributed by atoms with E-state index in [9.17, 15) is 9.18 Å². The van der Waals surface area contributed by atoms with Crippen LogP contribution in [0, 0.1) is 5.82 Å². The van der Waals surface area contributed by atoms with Crippen LogP contribution in [-0.4, -0.2) is 24.0 Å². The molecule has 0 saturated carbocycles. The number of carbonyl (C=O) groups excluding carboxylic acids is 1. The summed E-state index contributed by atoms with van der Waals surface area (Å²) in [5.74, 6) is 4.53. The third-order valence-corrected chi connectivity index (χ3v) is 2.01.